The highest BCUT2D eigenvalue weighted by Crippen LogP contribution is 2.31. The largest absolute Gasteiger partial charge is 0.487 e. The molecule has 0 N–H and O–H groups in total. The van der Waals surface area contributed by atoms with Crippen molar-refractivity contribution in [3.63, 3.8) is 0 Å². The fourth-order valence-electron chi connectivity index (χ4n) is 1.41. The number of fused-ring (bicyclic) bond motifs is 1. The molecule has 0 aliphatic rings. The van der Waals surface area contributed by atoms with Crippen LogP contribution in [0.3, 0.4) is 0 Å². The third-order valence-electron chi connectivity index (χ3n) is 2.18. The summed E-state index contributed by atoms with van der Waals surface area (Å²) in [5, 5.41) is 0. The molecule has 1 atom stereocenters. The summed E-state index contributed by atoms with van der Waals surface area (Å²) in [6.07, 6.45) is -0.562. The molecular formula is C11H8BrClFNO3S. The number of rotatable bonds is 4. The van der Waals surface area contributed by atoms with Crippen LogP contribution in [-0.2, 0) is 4.74 Å². The van der Waals surface area contributed by atoms with Gasteiger partial charge in [0, 0.05) is 23.7 Å². The lowest BCUT2D eigenvalue weighted by Gasteiger charge is -2.12. The summed E-state index contributed by atoms with van der Waals surface area (Å²) in [5.74, 6) is -0.434. The summed E-state index contributed by atoms with van der Waals surface area (Å²) in [6.45, 7) is 1.61. The lowest BCUT2D eigenvalue weighted by Crippen LogP contribution is -2.19. The molecule has 0 amide bonds. The second kappa shape index (κ2) is 6.02. The monoisotopic (exact) mass is 367 g/mol. The van der Waals surface area contributed by atoms with Gasteiger partial charge in [0.05, 0.1) is 10.2 Å². The van der Waals surface area contributed by atoms with Crippen molar-refractivity contribution in [2.24, 2.45) is 0 Å². The maximum Gasteiger partial charge on any atom is 0.404 e. The first-order chi connectivity index (χ1) is 8.95. The summed E-state index contributed by atoms with van der Waals surface area (Å²) in [7, 11) is 0. The van der Waals surface area contributed by atoms with Crippen molar-refractivity contribution in [1.82, 2.24) is 4.98 Å². The van der Waals surface area contributed by atoms with Gasteiger partial charge in [0.2, 0.25) is 0 Å². The Bertz CT molecular complexity index is 621. The van der Waals surface area contributed by atoms with E-state index in [0.29, 0.717) is 9.43 Å². The van der Waals surface area contributed by atoms with Crippen LogP contribution < -0.4 is 4.74 Å². The lowest BCUT2D eigenvalue weighted by atomic mass is 10.3. The average molecular weight is 369 g/mol. The second-order valence-corrected chi connectivity index (χ2v) is 6.31. The molecule has 0 saturated carbocycles. The lowest BCUT2D eigenvalue weighted by molar-refractivity contribution is 0.0923. The van der Waals surface area contributed by atoms with Crippen molar-refractivity contribution >= 4 is 54.5 Å². The normalized spacial score (nSPS) is 12.4. The van der Waals surface area contributed by atoms with Crippen LogP contribution in [0.25, 0.3) is 10.2 Å². The molecule has 0 saturated heterocycles. The highest BCUT2D eigenvalue weighted by molar-refractivity contribution is 9.11. The summed E-state index contributed by atoms with van der Waals surface area (Å²) in [6, 6.07) is 2.85. The Balaban J connectivity index is 2.11. The van der Waals surface area contributed by atoms with Gasteiger partial charge >= 0.3 is 5.43 Å². The van der Waals surface area contributed by atoms with Gasteiger partial charge in [-0.3, -0.25) is 0 Å². The summed E-state index contributed by atoms with van der Waals surface area (Å²) >= 11 is 9.67. The SMILES string of the molecule is C[C@H](COc1cc2sc(Br)nc2cc1F)OC(=O)Cl. The molecule has 0 spiro atoms. The van der Waals surface area contributed by atoms with E-state index in [0.717, 1.165) is 4.70 Å². The zero-order chi connectivity index (χ0) is 14.0. The summed E-state index contributed by atoms with van der Waals surface area (Å²) < 4.78 is 25.1. The quantitative estimate of drug-likeness (QED) is 0.753. The number of carbonyl (C=O) groups is 1. The topological polar surface area (TPSA) is 48.4 Å². The van der Waals surface area contributed by atoms with Gasteiger partial charge < -0.3 is 9.47 Å². The number of ether oxygens (including phenoxy) is 2. The van der Waals surface area contributed by atoms with Gasteiger partial charge in [-0.15, -0.1) is 11.3 Å². The molecule has 1 heterocycles. The van der Waals surface area contributed by atoms with Crippen LogP contribution in [0, 0.1) is 5.82 Å². The maximum absolute atomic E-state index is 13.7. The van der Waals surface area contributed by atoms with E-state index in [-0.39, 0.29) is 12.4 Å². The number of benzene rings is 1. The molecule has 0 bridgehead atoms. The molecule has 1 aromatic carbocycles. The van der Waals surface area contributed by atoms with Crippen molar-refractivity contribution in [2.75, 3.05) is 6.61 Å². The van der Waals surface area contributed by atoms with E-state index in [1.165, 1.54) is 17.4 Å². The summed E-state index contributed by atoms with van der Waals surface area (Å²) in [5.41, 5.74) is -0.361. The van der Waals surface area contributed by atoms with Crippen LogP contribution in [0.4, 0.5) is 9.18 Å². The highest BCUT2D eigenvalue weighted by atomic mass is 79.9. The fraction of sp³-hybridized carbons (Fsp3) is 0.273. The van der Waals surface area contributed by atoms with Crippen LogP contribution in [-0.4, -0.2) is 23.1 Å². The van der Waals surface area contributed by atoms with Gasteiger partial charge in [-0.2, -0.15) is 0 Å². The number of carbonyl (C=O) groups excluding carboxylic acids is 1. The van der Waals surface area contributed by atoms with E-state index in [2.05, 4.69) is 25.7 Å². The van der Waals surface area contributed by atoms with Gasteiger partial charge in [-0.1, -0.05) is 0 Å². The van der Waals surface area contributed by atoms with E-state index in [9.17, 15) is 9.18 Å². The zero-order valence-electron chi connectivity index (χ0n) is 9.65. The Morgan fingerprint density at radius 1 is 1.63 bits per heavy atom. The first-order valence-electron chi connectivity index (χ1n) is 5.20. The number of nitrogens with zero attached hydrogens (tertiary/aromatic N) is 1. The van der Waals surface area contributed by atoms with Gasteiger partial charge in [0.25, 0.3) is 0 Å². The Kier molecular flexibility index (Phi) is 4.59. The van der Waals surface area contributed by atoms with Crippen LogP contribution in [0.15, 0.2) is 16.0 Å². The minimum absolute atomic E-state index is 0.0147. The van der Waals surface area contributed by atoms with Crippen molar-refractivity contribution in [1.29, 1.82) is 0 Å². The minimum Gasteiger partial charge on any atom is -0.487 e. The zero-order valence-corrected chi connectivity index (χ0v) is 12.8. The van der Waals surface area contributed by atoms with Crippen molar-refractivity contribution in [3.8, 4) is 5.75 Å². The molecule has 0 aliphatic carbocycles. The highest BCUT2D eigenvalue weighted by Gasteiger charge is 2.12. The molecule has 2 rings (SSSR count). The Morgan fingerprint density at radius 3 is 3.05 bits per heavy atom. The Morgan fingerprint density at radius 2 is 2.37 bits per heavy atom. The number of thiazole rings is 1. The predicted molar refractivity (Wildman–Crippen MR) is 74.6 cm³/mol. The van der Waals surface area contributed by atoms with E-state index in [1.807, 2.05) is 0 Å². The smallest absolute Gasteiger partial charge is 0.404 e. The number of hydrogen-bond donors (Lipinski definition) is 0. The first kappa shape index (κ1) is 14.5. The molecule has 19 heavy (non-hydrogen) atoms. The predicted octanol–water partition coefficient (Wildman–Crippen LogP) is 4.34. The van der Waals surface area contributed by atoms with Crippen molar-refractivity contribution in [3.05, 3.63) is 21.9 Å². The van der Waals surface area contributed by atoms with Crippen LogP contribution in [0.1, 0.15) is 6.92 Å². The number of aromatic nitrogens is 1. The molecule has 0 radical (unpaired) electrons. The third kappa shape index (κ3) is 3.77. The fourth-order valence-corrected chi connectivity index (χ4v) is 2.98. The van der Waals surface area contributed by atoms with Crippen LogP contribution >= 0.6 is 38.9 Å². The molecule has 0 unspecified atom stereocenters. The summed E-state index contributed by atoms with van der Waals surface area (Å²) in [4.78, 5) is 14.6. The third-order valence-corrected chi connectivity index (χ3v) is 3.74. The Labute approximate surface area is 125 Å². The first-order valence-corrected chi connectivity index (χ1v) is 7.19. The molecule has 102 valence electrons. The van der Waals surface area contributed by atoms with Crippen molar-refractivity contribution < 1.29 is 18.7 Å². The van der Waals surface area contributed by atoms with Gasteiger partial charge in [0.1, 0.15) is 12.7 Å². The minimum atomic E-state index is -0.918. The standard InChI is InChI=1S/C11H8BrClFNO3S/c1-5(18-11(13)16)4-17-8-3-9-7(2-6(8)14)15-10(12)19-9/h2-3,5H,4H2,1H3/t5-/m1/s1. The molecule has 2 aromatic rings. The Hall–Kier alpha value is -0.920. The molecule has 0 fully saturated rings. The number of hydrogen-bond acceptors (Lipinski definition) is 5. The van der Waals surface area contributed by atoms with E-state index < -0.39 is 17.3 Å². The second-order valence-electron chi connectivity index (χ2n) is 3.69. The number of halogens is 3. The average Bonchev–Trinajstić information content (AvgIpc) is 2.64. The molecule has 0 aliphatic heterocycles. The molecular weight excluding hydrogens is 361 g/mol. The van der Waals surface area contributed by atoms with E-state index in [1.54, 1.807) is 13.0 Å². The molecule has 8 heteroatoms. The van der Waals surface area contributed by atoms with E-state index in [4.69, 9.17) is 16.3 Å². The maximum atomic E-state index is 13.7. The molecule has 1 aromatic heterocycles. The van der Waals surface area contributed by atoms with E-state index >= 15 is 0 Å². The van der Waals surface area contributed by atoms with Gasteiger partial charge in [0.15, 0.2) is 15.5 Å². The van der Waals surface area contributed by atoms with Crippen molar-refractivity contribution in [2.45, 2.75) is 13.0 Å². The molecule has 4 nitrogen and oxygen atoms in total. The van der Waals surface area contributed by atoms with Crippen LogP contribution in [0.5, 0.6) is 5.75 Å². The van der Waals surface area contributed by atoms with Crippen LogP contribution in [0.2, 0.25) is 0 Å². The van der Waals surface area contributed by atoms with Gasteiger partial charge in [-0.05, 0) is 22.9 Å². The van der Waals surface area contributed by atoms with Gasteiger partial charge in [-0.25, -0.2) is 14.2 Å².